The minimum absolute atomic E-state index is 0.870. The first-order chi connectivity index (χ1) is 4.20. The lowest BCUT2D eigenvalue weighted by Crippen LogP contribution is -1.77. The van der Waals surface area contributed by atoms with Crippen molar-refractivity contribution in [2.24, 2.45) is 0 Å². The zero-order valence-electron chi connectivity index (χ0n) is 4.24. The third kappa shape index (κ3) is 2.16. The van der Waals surface area contributed by atoms with Crippen molar-refractivity contribution in [3.63, 3.8) is 0 Å². The van der Waals surface area contributed by atoms with Crippen molar-refractivity contribution < 1.29 is 0 Å². The Morgan fingerprint density at radius 1 is 1.44 bits per heavy atom. The molecule has 0 aromatic carbocycles. The van der Waals surface area contributed by atoms with Gasteiger partial charge in [0, 0.05) is 14.2 Å². The minimum atomic E-state index is 0.870. The highest BCUT2D eigenvalue weighted by Crippen LogP contribution is 2.20. The molecule has 0 aliphatic carbocycles. The fourth-order valence-electron chi connectivity index (χ4n) is 0.391. The van der Waals surface area contributed by atoms with Gasteiger partial charge in [-0.25, -0.2) is 4.98 Å². The predicted octanol–water partition coefficient (Wildman–Crippen LogP) is 3.21. The first kappa shape index (κ1) is 7.94. The lowest BCUT2D eigenvalue weighted by atomic mass is 10.5. The van der Waals surface area contributed by atoms with Gasteiger partial charge < -0.3 is 0 Å². The van der Waals surface area contributed by atoms with E-state index in [9.17, 15) is 0 Å². The van der Waals surface area contributed by atoms with Crippen LogP contribution in [0.15, 0.2) is 21.3 Å². The summed E-state index contributed by atoms with van der Waals surface area (Å²) in [5, 5.41) is 0. The number of halogens is 3. The summed E-state index contributed by atoms with van der Waals surface area (Å²) >= 11 is 8.83. The fourth-order valence-corrected chi connectivity index (χ4v) is 1.80. The van der Waals surface area contributed by atoms with Crippen LogP contribution < -0.4 is 0 Å². The molecule has 1 rings (SSSR count). The van der Waals surface area contributed by atoms with Crippen LogP contribution in [0.4, 0.5) is 0 Å². The summed E-state index contributed by atoms with van der Waals surface area (Å²) in [6, 6.07) is 1.95. The van der Waals surface area contributed by atoms with Crippen molar-refractivity contribution in [2.45, 2.75) is 0 Å². The van der Waals surface area contributed by atoms with E-state index in [-0.39, 0.29) is 0 Å². The highest BCUT2D eigenvalue weighted by Gasteiger charge is 1.94. The molecule has 0 saturated heterocycles. The maximum atomic E-state index is 4.00. The molecule has 0 bridgehead atoms. The first-order valence-electron chi connectivity index (χ1n) is 2.16. The van der Waals surface area contributed by atoms with Crippen LogP contribution in [0, 0.1) is 3.57 Å². The van der Waals surface area contributed by atoms with Gasteiger partial charge in [-0.05, 0) is 60.5 Å². The van der Waals surface area contributed by atoms with Gasteiger partial charge in [0.1, 0.15) is 4.60 Å². The predicted molar refractivity (Wildman–Crippen MR) is 52.4 cm³/mol. The van der Waals surface area contributed by atoms with Crippen molar-refractivity contribution in [1.82, 2.24) is 4.98 Å². The van der Waals surface area contributed by atoms with Gasteiger partial charge in [-0.1, -0.05) is 0 Å². The SMILES string of the molecule is Brc1cc(I)c(Br)cn1. The second-order valence-electron chi connectivity index (χ2n) is 1.42. The number of pyridine rings is 1. The Hall–Kier alpha value is 0.840. The van der Waals surface area contributed by atoms with Gasteiger partial charge in [0.05, 0.1) is 0 Å². The van der Waals surface area contributed by atoms with E-state index >= 15 is 0 Å². The van der Waals surface area contributed by atoms with Crippen LogP contribution in [0.1, 0.15) is 0 Å². The Kier molecular flexibility index (Phi) is 2.91. The average Bonchev–Trinajstić information content (AvgIpc) is 1.80. The number of hydrogen-bond donors (Lipinski definition) is 0. The number of nitrogens with zero attached hydrogens (tertiary/aromatic N) is 1. The largest absolute Gasteiger partial charge is 0.248 e. The highest BCUT2D eigenvalue weighted by molar-refractivity contribution is 14.1. The molecule has 0 aliphatic heterocycles. The average molecular weight is 363 g/mol. The van der Waals surface area contributed by atoms with Crippen molar-refractivity contribution in [3.8, 4) is 0 Å². The Labute approximate surface area is 83.6 Å². The van der Waals surface area contributed by atoms with Gasteiger partial charge >= 0.3 is 0 Å². The zero-order chi connectivity index (χ0) is 6.85. The molecule has 1 heterocycles. The third-order valence-electron chi connectivity index (χ3n) is 0.775. The van der Waals surface area contributed by atoms with E-state index in [1.165, 1.54) is 0 Å². The van der Waals surface area contributed by atoms with Crippen LogP contribution in [0.3, 0.4) is 0 Å². The normalized spacial score (nSPS) is 9.67. The molecule has 0 spiro atoms. The summed E-state index contributed by atoms with van der Waals surface area (Å²) in [6.45, 7) is 0. The topological polar surface area (TPSA) is 12.9 Å². The first-order valence-corrected chi connectivity index (χ1v) is 4.83. The van der Waals surface area contributed by atoms with E-state index in [1.54, 1.807) is 6.20 Å². The molecule has 0 saturated carbocycles. The van der Waals surface area contributed by atoms with Crippen LogP contribution in [0.25, 0.3) is 0 Å². The van der Waals surface area contributed by atoms with Gasteiger partial charge in [0.25, 0.3) is 0 Å². The maximum absolute atomic E-state index is 4.00. The minimum Gasteiger partial charge on any atom is -0.248 e. The molecule has 0 unspecified atom stereocenters. The number of rotatable bonds is 0. The van der Waals surface area contributed by atoms with Crippen molar-refractivity contribution in [3.05, 3.63) is 24.9 Å². The summed E-state index contributed by atoms with van der Waals surface area (Å²) in [7, 11) is 0. The van der Waals surface area contributed by atoms with E-state index in [0.29, 0.717) is 0 Å². The van der Waals surface area contributed by atoms with Crippen LogP contribution in [0.2, 0.25) is 0 Å². The molecule has 1 aromatic rings. The van der Waals surface area contributed by atoms with Crippen LogP contribution in [-0.4, -0.2) is 4.98 Å². The van der Waals surface area contributed by atoms with Crippen LogP contribution in [-0.2, 0) is 0 Å². The molecule has 1 aromatic heterocycles. The molecule has 0 fully saturated rings. The van der Waals surface area contributed by atoms with Crippen molar-refractivity contribution >= 4 is 54.5 Å². The van der Waals surface area contributed by atoms with Gasteiger partial charge in [0.2, 0.25) is 0 Å². The van der Waals surface area contributed by atoms with E-state index in [4.69, 9.17) is 0 Å². The Bertz CT molecular complexity index is 226. The van der Waals surface area contributed by atoms with E-state index in [2.05, 4.69) is 59.4 Å². The highest BCUT2D eigenvalue weighted by atomic mass is 127. The molecule has 0 radical (unpaired) electrons. The van der Waals surface area contributed by atoms with Crippen LogP contribution >= 0.6 is 54.5 Å². The van der Waals surface area contributed by atoms with Crippen molar-refractivity contribution in [1.29, 1.82) is 0 Å². The van der Waals surface area contributed by atoms with Gasteiger partial charge in [0.15, 0.2) is 0 Å². The van der Waals surface area contributed by atoms with Gasteiger partial charge in [-0.2, -0.15) is 0 Å². The van der Waals surface area contributed by atoms with Crippen LogP contribution in [0.5, 0.6) is 0 Å². The molecule has 4 heteroatoms. The summed E-state index contributed by atoms with van der Waals surface area (Å²) in [6.07, 6.45) is 1.77. The molecule has 0 aliphatic rings. The number of aromatic nitrogens is 1. The van der Waals surface area contributed by atoms with Gasteiger partial charge in [-0.3, -0.25) is 0 Å². The smallest absolute Gasteiger partial charge is 0.107 e. The molecule has 48 valence electrons. The molecule has 1 nitrogen and oxygen atoms in total. The molecule has 9 heavy (non-hydrogen) atoms. The number of hydrogen-bond acceptors (Lipinski definition) is 1. The van der Waals surface area contributed by atoms with E-state index in [0.717, 1.165) is 12.6 Å². The lowest BCUT2D eigenvalue weighted by Gasteiger charge is -1.93. The monoisotopic (exact) mass is 361 g/mol. The fraction of sp³-hybridized carbons (Fsp3) is 0. The standard InChI is InChI=1S/C5H2Br2IN/c6-3-2-9-5(7)1-4(3)8/h1-2H. The second-order valence-corrected chi connectivity index (χ2v) is 4.25. The Morgan fingerprint density at radius 2 is 2.11 bits per heavy atom. The quantitative estimate of drug-likeness (QED) is 0.510. The summed E-state index contributed by atoms with van der Waals surface area (Å²) in [4.78, 5) is 4.00. The van der Waals surface area contributed by atoms with Gasteiger partial charge in [-0.15, -0.1) is 0 Å². The lowest BCUT2D eigenvalue weighted by molar-refractivity contribution is 1.24. The van der Waals surface area contributed by atoms with E-state index in [1.807, 2.05) is 6.07 Å². The zero-order valence-corrected chi connectivity index (χ0v) is 9.57. The molecular weight excluding hydrogens is 361 g/mol. The molecule has 0 N–H and O–H groups in total. The molecule has 0 amide bonds. The Morgan fingerprint density at radius 3 is 2.56 bits per heavy atom. The molecular formula is C5H2Br2IN. The maximum Gasteiger partial charge on any atom is 0.107 e. The van der Waals surface area contributed by atoms with Crippen molar-refractivity contribution in [2.75, 3.05) is 0 Å². The summed E-state index contributed by atoms with van der Waals surface area (Å²) < 4.78 is 3.07. The Balaban J connectivity index is 3.17. The summed E-state index contributed by atoms with van der Waals surface area (Å²) in [5.41, 5.74) is 0. The second kappa shape index (κ2) is 3.30. The summed E-state index contributed by atoms with van der Waals surface area (Å²) in [5.74, 6) is 0. The third-order valence-corrected chi connectivity index (χ3v) is 3.47. The van der Waals surface area contributed by atoms with E-state index < -0.39 is 0 Å². The molecule has 0 atom stereocenters.